The number of hydrogen-bond acceptors (Lipinski definition) is 3. The Balaban J connectivity index is 2.73. The quantitative estimate of drug-likeness (QED) is 0.807. The lowest BCUT2D eigenvalue weighted by Crippen LogP contribution is -2.53. The maximum absolute atomic E-state index is 12.5. The number of rotatable bonds is 5. The molecule has 1 rings (SSSR count). The summed E-state index contributed by atoms with van der Waals surface area (Å²) in [5.41, 5.74) is -0.567. The molecule has 1 heterocycles. The van der Waals surface area contributed by atoms with Gasteiger partial charge in [-0.2, -0.15) is 0 Å². The highest BCUT2D eigenvalue weighted by atomic mass is 16.4. The standard InChI is InChI=1S/C17H30N2O4/c1-6-11(2)15(21)19-9-7-8-12(10-19)14(20)18-13(16(22)23)17(3,4)5/h11-13H,6-10H2,1-5H3,(H,18,20)(H,22,23)/t11-,12+,13+/m0/s1. The lowest BCUT2D eigenvalue weighted by Gasteiger charge is -2.35. The summed E-state index contributed by atoms with van der Waals surface area (Å²) in [7, 11) is 0. The number of nitrogens with zero attached hydrogens (tertiary/aromatic N) is 1. The number of carbonyl (C=O) groups excluding carboxylic acids is 2. The molecule has 23 heavy (non-hydrogen) atoms. The molecule has 3 atom stereocenters. The molecule has 1 fully saturated rings. The van der Waals surface area contributed by atoms with E-state index >= 15 is 0 Å². The van der Waals surface area contributed by atoms with E-state index in [0.29, 0.717) is 19.5 Å². The van der Waals surface area contributed by atoms with Crippen molar-refractivity contribution in [3.63, 3.8) is 0 Å². The summed E-state index contributed by atoms with van der Waals surface area (Å²) in [5.74, 6) is -1.60. The molecule has 0 unspecified atom stereocenters. The Kier molecular flexibility index (Phi) is 6.59. The second-order valence-corrected chi connectivity index (χ2v) is 7.58. The predicted molar refractivity (Wildman–Crippen MR) is 87.8 cm³/mol. The Hall–Kier alpha value is -1.59. The summed E-state index contributed by atoms with van der Waals surface area (Å²) in [4.78, 5) is 37.9. The zero-order valence-electron chi connectivity index (χ0n) is 14.9. The molecule has 0 aromatic carbocycles. The summed E-state index contributed by atoms with van der Waals surface area (Å²) < 4.78 is 0. The van der Waals surface area contributed by atoms with Crippen LogP contribution in [0.15, 0.2) is 0 Å². The van der Waals surface area contributed by atoms with Crippen molar-refractivity contribution >= 4 is 17.8 Å². The number of piperidine rings is 1. The van der Waals surface area contributed by atoms with E-state index in [4.69, 9.17) is 0 Å². The first-order chi connectivity index (χ1) is 10.6. The van der Waals surface area contributed by atoms with Gasteiger partial charge in [0.1, 0.15) is 6.04 Å². The fourth-order valence-corrected chi connectivity index (χ4v) is 2.79. The zero-order chi connectivity index (χ0) is 17.8. The minimum atomic E-state index is -1.03. The van der Waals surface area contributed by atoms with Gasteiger partial charge in [0.2, 0.25) is 11.8 Å². The van der Waals surface area contributed by atoms with Crippen molar-refractivity contribution in [2.75, 3.05) is 13.1 Å². The van der Waals surface area contributed by atoms with Crippen molar-refractivity contribution in [2.45, 2.75) is 59.9 Å². The Morgan fingerprint density at radius 1 is 1.30 bits per heavy atom. The third-order valence-electron chi connectivity index (χ3n) is 4.54. The highest BCUT2D eigenvalue weighted by Crippen LogP contribution is 2.23. The van der Waals surface area contributed by atoms with Crippen LogP contribution in [0.1, 0.15) is 53.9 Å². The van der Waals surface area contributed by atoms with Gasteiger partial charge in [0.15, 0.2) is 0 Å². The van der Waals surface area contributed by atoms with Gasteiger partial charge in [-0.3, -0.25) is 9.59 Å². The average molecular weight is 326 g/mol. The minimum Gasteiger partial charge on any atom is -0.480 e. The lowest BCUT2D eigenvalue weighted by molar-refractivity contribution is -0.147. The van der Waals surface area contributed by atoms with E-state index in [-0.39, 0.29) is 23.7 Å². The minimum absolute atomic E-state index is 0.0434. The van der Waals surface area contributed by atoms with Gasteiger partial charge in [-0.05, 0) is 24.7 Å². The molecule has 6 heteroatoms. The van der Waals surface area contributed by atoms with Crippen LogP contribution >= 0.6 is 0 Å². The maximum Gasteiger partial charge on any atom is 0.326 e. The molecule has 6 nitrogen and oxygen atoms in total. The molecule has 0 aromatic heterocycles. The first kappa shape index (κ1) is 19.5. The number of likely N-dealkylation sites (tertiary alicyclic amines) is 1. The smallest absolute Gasteiger partial charge is 0.326 e. The number of carboxylic acid groups (broad SMARTS) is 1. The first-order valence-electron chi connectivity index (χ1n) is 8.39. The molecular weight excluding hydrogens is 296 g/mol. The molecule has 0 aliphatic carbocycles. The number of hydrogen-bond donors (Lipinski definition) is 2. The Morgan fingerprint density at radius 3 is 2.39 bits per heavy atom. The lowest BCUT2D eigenvalue weighted by atomic mass is 9.86. The number of aliphatic carboxylic acids is 1. The first-order valence-corrected chi connectivity index (χ1v) is 8.39. The van der Waals surface area contributed by atoms with Crippen LogP contribution < -0.4 is 5.32 Å². The molecule has 0 bridgehead atoms. The van der Waals surface area contributed by atoms with Gasteiger partial charge < -0.3 is 15.3 Å². The van der Waals surface area contributed by atoms with E-state index in [1.807, 2.05) is 13.8 Å². The fourth-order valence-electron chi connectivity index (χ4n) is 2.79. The van der Waals surface area contributed by atoms with Crippen molar-refractivity contribution in [3.8, 4) is 0 Å². The van der Waals surface area contributed by atoms with Crippen molar-refractivity contribution < 1.29 is 19.5 Å². The summed E-state index contributed by atoms with van der Waals surface area (Å²) >= 11 is 0. The molecule has 1 saturated heterocycles. The van der Waals surface area contributed by atoms with Crippen LogP contribution in [-0.4, -0.2) is 46.9 Å². The summed E-state index contributed by atoms with van der Waals surface area (Å²) in [6.45, 7) is 10.3. The van der Waals surface area contributed by atoms with E-state index < -0.39 is 17.4 Å². The molecule has 2 N–H and O–H groups in total. The van der Waals surface area contributed by atoms with Crippen LogP contribution in [0.5, 0.6) is 0 Å². The van der Waals surface area contributed by atoms with Crippen LogP contribution in [-0.2, 0) is 14.4 Å². The summed E-state index contributed by atoms with van der Waals surface area (Å²) in [6, 6.07) is -0.935. The van der Waals surface area contributed by atoms with E-state index in [2.05, 4.69) is 5.32 Å². The molecule has 0 radical (unpaired) electrons. The van der Waals surface area contributed by atoms with Gasteiger partial charge in [0.25, 0.3) is 0 Å². The SMILES string of the molecule is CC[C@H](C)C(=O)N1CCC[C@@H](C(=O)N[C@H](C(=O)O)C(C)(C)C)C1. The molecule has 0 spiro atoms. The van der Waals surface area contributed by atoms with Gasteiger partial charge >= 0.3 is 5.97 Å². The third kappa shape index (κ3) is 5.22. The maximum atomic E-state index is 12.5. The molecule has 132 valence electrons. The second kappa shape index (κ2) is 7.79. The van der Waals surface area contributed by atoms with E-state index in [1.54, 1.807) is 25.7 Å². The molecular formula is C17H30N2O4. The number of amides is 2. The average Bonchev–Trinajstić information content (AvgIpc) is 2.49. The molecule has 1 aliphatic rings. The Labute approximate surface area is 138 Å². The van der Waals surface area contributed by atoms with E-state index in [9.17, 15) is 19.5 Å². The van der Waals surface area contributed by atoms with Crippen molar-refractivity contribution in [3.05, 3.63) is 0 Å². The van der Waals surface area contributed by atoms with Gasteiger partial charge in [0, 0.05) is 19.0 Å². The largest absolute Gasteiger partial charge is 0.480 e. The van der Waals surface area contributed by atoms with Crippen molar-refractivity contribution in [2.24, 2.45) is 17.3 Å². The number of carbonyl (C=O) groups is 3. The van der Waals surface area contributed by atoms with Gasteiger partial charge in [-0.25, -0.2) is 4.79 Å². The Morgan fingerprint density at radius 2 is 1.91 bits per heavy atom. The van der Waals surface area contributed by atoms with E-state index in [0.717, 1.165) is 12.8 Å². The van der Waals surface area contributed by atoms with E-state index in [1.165, 1.54) is 0 Å². The second-order valence-electron chi connectivity index (χ2n) is 7.58. The summed E-state index contributed by atoms with van der Waals surface area (Å²) in [5, 5.41) is 12.0. The third-order valence-corrected chi connectivity index (χ3v) is 4.54. The Bertz CT molecular complexity index is 456. The van der Waals surface area contributed by atoms with Crippen LogP contribution in [0, 0.1) is 17.3 Å². The van der Waals surface area contributed by atoms with Crippen LogP contribution in [0.4, 0.5) is 0 Å². The zero-order valence-corrected chi connectivity index (χ0v) is 14.9. The molecule has 0 saturated carbocycles. The number of carboxylic acids is 1. The normalized spacial score (nSPS) is 21.4. The molecule has 1 aliphatic heterocycles. The van der Waals surface area contributed by atoms with Crippen molar-refractivity contribution in [1.29, 1.82) is 0 Å². The fraction of sp³-hybridized carbons (Fsp3) is 0.824. The van der Waals surface area contributed by atoms with Gasteiger partial charge in [-0.15, -0.1) is 0 Å². The van der Waals surface area contributed by atoms with Gasteiger partial charge in [0.05, 0.1) is 5.92 Å². The molecule has 2 amide bonds. The van der Waals surface area contributed by atoms with Crippen LogP contribution in [0.2, 0.25) is 0 Å². The van der Waals surface area contributed by atoms with Crippen LogP contribution in [0.3, 0.4) is 0 Å². The number of nitrogens with one attached hydrogen (secondary N) is 1. The molecule has 0 aromatic rings. The highest BCUT2D eigenvalue weighted by molar-refractivity contribution is 5.86. The van der Waals surface area contributed by atoms with Gasteiger partial charge in [-0.1, -0.05) is 34.6 Å². The van der Waals surface area contributed by atoms with Crippen molar-refractivity contribution in [1.82, 2.24) is 10.2 Å². The highest BCUT2D eigenvalue weighted by Gasteiger charge is 2.36. The predicted octanol–water partition coefficient (Wildman–Crippen LogP) is 1.89. The summed E-state index contributed by atoms with van der Waals surface area (Å²) in [6.07, 6.45) is 2.23. The van der Waals surface area contributed by atoms with Crippen LogP contribution in [0.25, 0.3) is 0 Å². The monoisotopic (exact) mass is 326 g/mol. The topological polar surface area (TPSA) is 86.7 Å².